The highest BCUT2D eigenvalue weighted by Gasteiger charge is 2.11. The van der Waals surface area contributed by atoms with Crippen LogP contribution < -0.4 is 5.32 Å². The third-order valence-corrected chi connectivity index (χ3v) is 3.14. The molecule has 1 rings (SSSR count). The fourth-order valence-corrected chi connectivity index (χ4v) is 2.01. The van der Waals surface area contributed by atoms with Crippen LogP contribution in [0.15, 0.2) is 24.3 Å². The van der Waals surface area contributed by atoms with Gasteiger partial charge >= 0.3 is 0 Å². The Balaban J connectivity index is 2.45. The highest BCUT2D eigenvalue weighted by Crippen LogP contribution is 2.12. The fraction of sp³-hybridized carbons (Fsp3) is 0.600. The van der Waals surface area contributed by atoms with Crippen molar-refractivity contribution >= 4 is 0 Å². The molecule has 0 spiro atoms. The van der Waals surface area contributed by atoms with Gasteiger partial charge in [-0.05, 0) is 37.8 Å². The molecule has 0 bridgehead atoms. The van der Waals surface area contributed by atoms with E-state index in [0.717, 1.165) is 6.54 Å². The number of rotatable bonds is 6. The van der Waals surface area contributed by atoms with Crippen molar-refractivity contribution in [3.63, 3.8) is 0 Å². The van der Waals surface area contributed by atoms with Gasteiger partial charge in [0.05, 0.1) is 0 Å². The van der Waals surface area contributed by atoms with Gasteiger partial charge in [0.1, 0.15) is 0 Å². The lowest BCUT2D eigenvalue weighted by molar-refractivity contribution is 0.385. The lowest BCUT2D eigenvalue weighted by Gasteiger charge is -2.21. The Morgan fingerprint density at radius 3 is 2.25 bits per heavy atom. The first kappa shape index (κ1) is 13.2. The second-order valence-corrected chi connectivity index (χ2v) is 4.93. The quantitative estimate of drug-likeness (QED) is 0.771. The molecule has 1 aromatic carbocycles. The second-order valence-electron chi connectivity index (χ2n) is 4.93. The van der Waals surface area contributed by atoms with E-state index in [4.69, 9.17) is 0 Å². The molecule has 1 heteroatoms. The summed E-state index contributed by atoms with van der Waals surface area (Å²) in [6, 6.07) is 9.54. The number of hydrogen-bond acceptors (Lipinski definition) is 1. The van der Waals surface area contributed by atoms with E-state index in [9.17, 15) is 0 Å². The minimum absolute atomic E-state index is 0.645. The average Bonchev–Trinajstić information content (AvgIpc) is 2.26. The summed E-state index contributed by atoms with van der Waals surface area (Å²) in [4.78, 5) is 0. The van der Waals surface area contributed by atoms with Crippen molar-refractivity contribution in [2.24, 2.45) is 5.92 Å². The Morgan fingerprint density at radius 1 is 1.12 bits per heavy atom. The highest BCUT2D eigenvalue weighted by molar-refractivity contribution is 5.21. The monoisotopic (exact) mass is 219 g/mol. The van der Waals surface area contributed by atoms with Crippen molar-refractivity contribution < 1.29 is 0 Å². The first-order chi connectivity index (χ1) is 7.63. The van der Waals surface area contributed by atoms with Crippen LogP contribution in [0.5, 0.6) is 0 Å². The Morgan fingerprint density at radius 2 is 1.75 bits per heavy atom. The van der Waals surface area contributed by atoms with Gasteiger partial charge in [-0.3, -0.25) is 0 Å². The molecule has 1 N–H and O–H groups in total. The van der Waals surface area contributed by atoms with Crippen LogP contribution in [0, 0.1) is 12.8 Å². The summed E-state index contributed by atoms with van der Waals surface area (Å²) in [5, 5.41) is 3.56. The smallest absolute Gasteiger partial charge is 0.00931 e. The largest absolute Gasteiger partial charge is 0.314 e. The molecule has 0 saturated carbocycles. The van der Waals surface area contributed by atoms with Gasteiger partial charge in [-0.15, -0.1) is 0 Å². The van der Waals surface area contributed by atoms with E-state index < -0.39 is 0 Å². The van der Waals surface area contributed by atoms with Gasteiger partial charge in [-0.25, -0.2) is 0 Å². The summed E-state index contributed by atoms with van der Waals surface area (Å²) >= 11 is 0. The Kier molecular flexibility index (Phi) is 5.54. The van der Waals surface area contributed by atoms with Crippen molar-refractivity contribution in [2.75, 3.05) is 6.54 Å². The maximum absolute atomic E-state index is 3.56. The average molecular weight is 219 g/mol. The number of benzene rings is 1. The van der Waals surface area contributed by atoms with Crippen LogP contribution in [-0.2, 0) is 6.42 Å². The van der Waals surface area contributed by atoms with E-state index >= 15 is 0 Å². The molecule has 90 valence electrons. The van der Waals surface area contributed by atoms with Gasteiger partial charge in [-0.1, -0.05) is 50.6 Å². The zero-order valence-corrected chi connectivity index (χ0v) is 11.1. The summed E-state index contributed by atoms with van der Waals surface area (Å²) in [5.74, 6) is 0.713. The van der Waals surface area contributed by atoms with E-state index in [-0.39, 0.29) is 0 Å². The summed E-state index contributed by atoms with van der Waals surface area (Å²) in [6.07, 6.45) is 2.41. The van der Waals surface area contributed by atoms with E-state index in [0.29, 0.717) is 12.0 Å². The number of nitrogens with one attached hydrogen (secondary N) is 1. The van der Waals surface area contributed by atoms with Gasteiger partial charge < -0.3 is 5.32 Å². The minimum atomic E-state index is 0.645. The van der Waals surface area contributed by atoms with Crippen LogP contribution in [0.1, 0.15) is 38.3 Å². The molecule has 0 amide bonds. The number of hydrogen-bond donors (Lipinski definition) is 1. The maximum atomic E-state index is 3.56. The van der Waals surface area contributed by atoms with Gasteiger partial charge in [-0.2, -0.15) is 0 Å². The van der Waals surface area contributed by atoms with Crippen molar-refractivity contribution in [1.82, 2.24) is 5.32 Å². The third-order valence-electron chi connectivity index (χ3n) is 3.14. The Bertz CT molecular complexity index is 287. The predicted molar refractivity (Wildman–Crippen MR) is 71.8 cm³/mol. The molecule has 0 aliphatic rings. The number of aryl methyl sites for hydroxylation is 2. The first-order valence-electron chi connectivity index (χ1n) is 6.42. The summed E-state index contributed by atoms with van der Waals surface area (Å²) in [6.45, 7) is 9.97. The summed E-state index contributed by atoms with van der Waals surface area (Å²) in [7, 11) is 0. The van der Waals surface area contributed by atoms with Gasteiger partial charge in [0.25, 0.3) is 0 Å². The van der Waals surface area contributed by atoms with Crippen LogP contribution in [0.2, 0.25) is 0 Å². The van der Waals surface area contributed by atoms with Crippen LogP contribution >= 0.6 is 0 Å². The van der Waals surface area contributed by atoms with Crippen LogP contribution in [0.25, 0.3) is 0 Å². The van der Waals surface area contributed by atoms with Gasteiger partial charge in [0.2, 0.25) is 0 Å². The predicted octanol–water partition coefficient (Wildman–Crippen LogP) is 3.56. The molecular formula is C15H25N. The zero-order chi connectivity index (χ0) is 12.0. The summed E-state index contributed by atoms with van der Waals surface area (Å²) < 4.78 is 0. The molecule has 1 unspecified atom stereocenters. The highest BCUT2D eigenvalue weighted by atomic mass is 14.9. The molecular weight excluding hydrogens is 194 g/mol. The molecule has 0 aliphatic heterocycles. The Labute approximate surface area is 100 Å². The van der Waals surface area contributed by atoms with Crippen molar-refractivity contribution in [2.45, 2.75) is 46.6 Å². The summed E-state index contributed by atoms with van der Waals surface area (Å²) in [5.41, 5.74) is 2.80. The molecule has 0 saturated heterocycles. The minimum Gasteiger partial charge on any atom is -0.314 e. The van der Waals surface area contributed by atoms with Crippen LogP contribution in [-0.4, -0.2) is 12.6 Å². The SMILES string of the molecule is CCNC(CCc1ccc(C)cc1)C(C)C. The first-order valence-corrected chi connectivity index (χ1v) is 6.42. The van der Waals surface area contributed by atoms with Crippen molar-refractivity contribution in [1.29, 1.82) is 0 Å². The maximum Gasteiger partial charge on any atom is 0.00931 e. The van der Waals surface area contributed by atoms with Crippen LogP contribution in [0.4, 0.5) is 0 Å². The van der Waals surface area contributed by atoms with Crippen molar-refractivity contribution in [3.05, 3.63) is 35.4 Å². The zero-order valence-electron chi connectivity index (χ0n) is 11.1. The lowest BCUT2D eigenvalue weighted by Crippen LogP contribution is -2.34. The van der Waals surface area contributed by atoms with E-state index in [1.165, 1.54) is 24.0 Å². The molecule has 0 fully saturated rings. The van der Waals surface area contributed by atoms with Gasteiger partial charge in [0.15, 0.2) is 0 Å². The molecule has 0 heterocycles. The lowest BCUT2D eigenvalue weighted by atomic mass is 9.96. The standard InChI is InChI=1S/C15H25N/c1-5-16-15(12(2)3)11-10-14-8-6-13(4)7-9-14/h6-9,12,15-16H,5,10-11H2,1-4H3. The molecule has 0 aromatic heterocycles. The molecule has 1 aromatic rings. The van der Waals surface area contributed by atoms with Crippen LogP contribution in [0.3, 0.4) is 0 Å². The molecule has 0 radical (unpaired) electrons. The van der Waals surface area contributed by atoms with Crippen molar-refractivity contribution in [3.8, 4) is 0 Å². The van der Waals surface area contributed by atoms with E-state index in [1.54, 1.807) is 0 Å². The topological polar surface area (TPSA) is 12.0 Å². The molecule has 16 heavy (non-hydrogen) atoms. The normalized spacial score (nSPS) is 13.1. The second kappa shape index (κ2) is 6.70. The van der Waals surface area contributed by atoms with E-state index in [2.05, 4.69) is 57.3 Å². The molecule has 1 atom stereocenters. The van der Waals surface area contributed by atoms with Gasteiger partial charge in [0, 0.05) is 6.04 Å². The van der Waals surface area contributed by atoms with E-state index in [1.807, 2.05) is 0 Å². The molecule has 1 nitrogen and oxygen atoms in total. The Hall–Kier alpha value is -0.820. The third kappa shape index (κ3) is 4.36. The fourth-order valence-electron chi connectivity index (χ4n) is 2.01. The molecule has 0 aliphatic carbocycles.